The zero-order chi connectivity index (χ0) is 7.44. The third-order valence-electron chi connectivity index (χ3n) is 0.653. The van der Waals surface area contributed by atoms with E-state index in [1.165, 1.54) is 0 Å². The van der Waals surface area contributed by atoms with E-state index in [0.717, 1.165) is 0 Å². The van der Waals surface area contributed by atoms with Crippen molar-refractivity contribution in [3.8, 4) is 0 Å². The molecule has 1 radical (unpaired) electrons. The molecule has 10 heavy (non-hydrogen) atoms. The number of carboxylic acid groups (broad SMARTS) is 2. The van der Waals surface area contributed by atoms with E-state index in [2.05, 4.69) is 0 Å². The van der Waals surface area contributed by atoms with Gasteiger partial charge in [-0.15, -0.1) is 0 Å². The van der Waals surface area contributed by atoms with Gasteiger partial charge in [0.2, 0.25) is 0 Å². The first-order valence-electron chi connectivity index (χ1n) is 2.16. The van der Waals surface area contributed by atoms with E-state index >= 15 is 0 Å². The van der Waals surface area contributed by atoms with Crippen molar-refractivity contribution < 1.29 is 24.9 Å². The largest absolute Gasteiger partial charge is 0.481 e. The van der Waals surface area contributed by atoms with Gasteiger partial charge in [0.25, 0.3) is 0 Å². The summed E-state index contributed by atoms with van der Waals surface area (Å²) >= 11 is 0. The Labute approximate surface area is 99.5 Å². The molecule has 0 aromatic carbocycles. The average Bonchev–Trinajstić information content (AvgIpc) is 1.63. The predicted molar refractivity (Wildman–Crippen MR) is 31.6 cm³/mol. The number of carboxylic acids is 2. The molecule has 0 saturated carbocycles. The van der Waals surface area contributed by atoms with Gasteiger partial charge in [0.15, 0.2) is 6.10 Å². The zero-order valence-electron chi connectivity index (χ0n) is 5.44. The topological polar surface area (TPSA) is 94.8 Å². The van der Waals surface area contributed by atoms with E-state index in [1.807, 2.05) is 0 Å². The molecule has 0 aromatic heterocycles. The van der Waals surface area contributed by atoms with Gasteiger partial charge in [-0.3, -0.25) is 4.79 Å². The van der Waals surface area contributed by atoms with Crippen LogP contribution >= 0.6 is 0 Å². The van der Waals surface area contributed by atoms with Crippen LogP contribution in [0, 0.1) is 0 Å². The molecule has 6 heteroatoms. The molecule has 0 saturated heterocycles. The SMILES string of the molecule is O=C(O)CC(O)C(=O)O.[K]. The maximum absolute atomic E-state index is 9.72. The van der Waals surface area contributed by atoms with Crippen LogP contribution in [0.25, 0.3) is 0 Å². The molecular formula is C4H6KO5. The van der Waals surface area contributed by atoms with Gasteiger partial charge in [-0.05, 0) is 0 Å². The van der Waals surface area contributed by atoms with E-state index in [9.17, 15) is 9.59 Å². The first-order chi connectivity index (χ1) is 4.04. The molecule has 0 aliphatic heterocycles. The number of rotatable bonds is 3. The average molecular weight is 173 g/mol. The summed E-state index contributed by atoms with van der Waals surface area (Å²) in [7, 11) is 0. The van der Waals surface area contributed by atoms with Gasteiger partial charge < -0.3 is 15.3 Å². The van der Waals surface area contributed by atoms with Gasteiger partial charge in [0.05, 0.1) is 6.42 Å². The molecule has 0 spiro atoms. The molecule has 0 aliphatic carbocycles. The maximum atomic E-state index is 9.72. The van der Waals surface area contributed by atoms with Crippen molar-refractivity contribution >= 4 is 63.3 Å². The van der Waals surface area contributed by atoms with Crippen molar-refractivity contribution in [1.82, 2.24) is 0 Å². The minimum atomic E-state index is -1.79. The van der Waals surface area contributed by atoms with Gasteiger partial charge in [-0.2, -0.15) is 0 Å². The van der Waals surface area contributed by atoms with E-state index in [1.54, 1.807) is 0 Å². The second-order valence-electron chi connectivity index (χ2n) is 1.45. The van der Waals surface area contributed by atoms with E-state index in [0.29, 0.717) is 0 Å². The maximum Gasteiger partial charge on any atom is 0.333 e. The molecule has 0 fully saturated rings. The minimum Gasteiger partial charge on any atom is -0.481 e. The summed E-state index contributed by atoms with van der Waals surface area (Å²) in [6, 6.07) is 0. The standard InChI is InChI=1S/C4H6O5.K/c5-2(4(8)9)1-3(6)7;/h2,5H,1H2,(H,6,7)(H,8,9);. The molecule has 3 N–H and O–H groups in total. The number of aliphatic hydroxyl groups excluding tert-OH is 1. The third kappa shape index (κ3) is 6.65. The van der Waals surface area contributed by atoms with Gasteiger partial charge >= 0.3 is 11.9 Å². The summed E-state index contributed by atoms with van der Waals surface area (Å²) in [5.41, 5.74) is 0. The first-order valence-corrected chi connectivity index (χ1v) is 2.16. The normalized spacial score (nSPS) is 11.3. The van der Waals surface area contributed by atoms with Crippen molar-refractivity contribution in [1.29, 1.82) is 0 Å². The molecule has 53 valence electrons. The second kappa shape index (κ2) is 6.26. The number of hydrogen-bond acceptors (Lipinski definition) is 3. The van der Waals surface area contributed by atoms with Crippen molar-refractivity contribution in [2.24, 2.45) is 0 Å². The fourth-order valence-corrected chi connectivity index (χ4v) is 0.253. The fraction of sp³-hybridized carbons (Fsp3) is 0.500. The summed E-state index contributed by atoms with van der Waals surface area (Å²) in [6.45, 7) is 0. The Morgan fingerprint density at radius 1 is 1.30 bits per heavy atom. The summed E-state index contributed by atoms with van der Waals surface area (Å²) in [5.74, 6) is -2.85. The molecule has 0 heterocycles. The van der Waals surface area contributed by atoms with E-state index < -0.39 is 24.5 Å². The number of carbonyl (C=O) groups is 2. The second-order valence-corrected chi connectivity index (χ2v) is 1.45. The van der Waals surface area contributed by atoms with Crippen LogP contribution < -0.4 is 0 Å². The Morgan fingerprint density at radius 3 is 1.80 bits per heavy atom. The smallest absolute Gasteiger partial charge is 0.333 e. The molecule has 0 rings (SSSR count). The van der Waals surface area contributed by atoms with Gasteiger partial charge in [0, 0.05) is 51.4 Å². The van der Waals surface area contributed by atoms with E-state index in [-0.39, 0.29) is 51.4 Å². The molecule has 0 aliphatic rings. The van der Waals surface area contributed by atoms with Crippen LogP contribution in [-0.2, 0) is 9.59 Å². The number of aliphatic carboxylic acids is 2. The molecule has 1 unspecified atom stereocenters. The molecule has 0 aromatic rings. The molecule has 0 bridgehead atoms. The van der Waals surface area contributed by atoms with Crippen molar-refractivity contribution in [3.05, 3.63) is 0 Å². The molecular weight excluding hydrogens is 167 g/mol. The van der Waals surface area contributed by atoms with Gasteiger partial charge in [-0.1, -0.05) is 0 Å². The summed E-state index contributed by atoms with van der Waals surface area (Å²) in [6.07, 6.45) is -2.54. The Morgan fingerprint density at radius 2 is 1.70 bits per heavy atom. The van der Waals surface area contributed by atoms with Crippen molar-refractivity contribution in [2.45, 2.75) is 12.5 Å². The Kier molecular flexibility index (Phi) is 8.23. The zero-order valence-corrected chi connectivity index (χ0v) is 8.57. The summed E-state index contributed by atoms with van der Waals surface area (Å²) < 4.78 is 0. The molecule has 0 amide bonds. The van der Waals surface area contributed by atoms with Gasteiger partial charge in [-0.25, -0.2) is 4.79 Å². The first kappa shape index (κ1) is 13.1. The Balaban J connectivity index is 0. The van der Waals surface area contributed by atoms with Gasteiger partial charge in [0.1, 0.15) is 0 Å². The van der Waals surface area contributed by atoms with Crippen LogP contribution in [0.3, 0.4) is 0 Å². The number of aliphatic hydroxyl groups is 1. The third-order valence-corrected chi connectivity index (χ3v) is 0.653. The van der Waals surface area contributed by atoms with Crippen LogP contribution in [0.2, 0.25) is 0 Å². The van der Waals surface area contributed by atoms with Crippen LogP contribution in [0.15, 0.2) is 0 Å². The fourth-order valence-electron chi connectivity index (χ4n) is 0.253. The monoisotopic (exact) mass is 173 g/mol. The van der Waals surface area contributed by atoms with Crippen LogP contribution in [-0.4, -0.2) is 84.7 Å². The van der Waals surface area contributed by atoms with Crippen molar-refractivity contribution in [3.63, 3.8) is 0 Å². The summed E-state index contributed by atoms with van der Waals surface area (Å²) in [4.78, 5) is 19.4. The molecule has 1 atom stereocenters. The van der Waals surface area contributed by atoms with Crippen LogP contribution in [0.4, 0.5) is 0 Å². The Hall–Kier alpha value is 0.536. The van der Waals surface area contributed by atoms with Crippen LogP contribution in [0.1, 0.15) is 6.42 Å². The minimum absolute atomic E-state index is 0. The van der Waals surface area contributed by atoms with Crippen LogP contribution in [0.5, 0.6) is 0 Å². The van der Waals surface area contributed by atoms with E-state index in [4.69, 9.17) is 15.3 Å². The summed E-state index contributed by atoms with van der Waals surface area (Å²) in [5, 5.41) is 24.1. The number of hydrogen-bond donors (Lipinski definition) is 3. The quantitative estimate of drug-likeness (QED) is 0.453. The molecule has 5 nitrogen and oxygen atoms in total. The van der Waals surface area contributed by atoms with Crippen molar-refractivity contribution in [2.75, 3.05) is 0 Å². The Bertz CT molecular complexity index is 134. The predicted octanol–water partition coefficient (Wildman–Crippen LogP) is -1.47.